The summed E-state index contributed by atoms with van der Waals surface area (Å²) in [6, 6.07) is 16.3. The molecule has 0 bridgehead atoms. The molecule has 2 aromatic carbocycles. The molecule has 1 heterocycles. The second kappa shape index (κ2) is 10.6. The molecular weight excluding hydrogens is 410 g/mol. The fourth-order valence-electron chi connectivity index (χ4n) is 3.01. The van der Waals surface area contributed by atoms with E-state index >= 15 is 0 Å². The van der Waals surface area contributed by atoms with Crippen LogP contribution < -0.4 is 10.6 Å². The lowest BCUT2D eigenvalue weighted by Gasteiger charge is -2.15. The number of thioether (sulfide) groups is 1. The smallest absolute Gasteiger partial charge is 0.251 e. The van der Waals surface area contributed by atoms with Crippen molar-refractivity contribution in [2.24, 2.45) is 0 Å². The van der Waals surface area contributed by atoms with Crippen LogP contribution in [0.15, 0.2) is 72.4 Å². The van der Waals surface area contributed by atoms with Crippen LogP contribution in [0.1, 0.15) is 34.7 Å². The van der Waals surface area contributed by atoms with Gasteiger partial charge in [-0.05, 0) is 43.7 Å². The van der Waals surface area contributed by atoms with E-state index in [1.165, 1.54) is 11.8 Å². The number of hydrogen-bond acceptors (Lipinski definition) is 5. The van der Waals surface area contributed by atoms with Crippen molar-refractivity contribution in [3.63, 3.8) is 0 Å². The summed E-state index contributed by atoms with van der Waals surface area (Å²) in [5.74, 6) is 0.475. The lowest BCUT2D eigenvalue weighted by atomic mass is 10.2. The molecular formula is C23H25N5O2S. The number of carbonyl (C=O) groups excluding carboxylic acids is 2. The lowest BCUT2D eigenvalue weighted by Crippen LogP contribution is -2.28. The molecule has 2 amide bonds. The summed E-state index contributed by atoms with van der Waals surface area (Å²) < 4.78 is 1.85. The van der Waals surface area contributed by atoms with Gasteiger partial charge in [0.1, 0.15) is 0 Å². The Balaban J connectivity index is 1.66. The molecule has 0 aliphatic heterocycles. The van der Waals surface area contributed by atoms with Crippen molar-refractivity contribution in [3.8, 4) is 0 Å². The van der Waals surface area contributed by atoms with E-state index in [9.17, 15) is 9.59 Å². The summed E-state index contributed by atoms with van der Waals surface area (Å²) in [5.41, 5.74) is 2.41. The van der Waals surface area contributed by atoms with E-state index in [0.29, 0.717) is 23.1 Å². The second-order valence-corrected chi connectivity index (χ2v) is 7.95. The van der Waals surface area contributed by atoms with Crippen LogP contribution in [0, 0.1) is 6.92 Å². The van der Waals surface area contributed by atoms with E-state index in [2.05, 4.69) is 27.4 Å². The Labute approximate surface area is 186 Å². The minimum Gasteiger partial charge on any atom is -0.342 e. The summed E-state index contributed by atoms with van der Waals surface area (Å²) in [5, 5.41) is 14.9. The molecule has 160 valence electrons. The first-order valence-electron chi connectivity index (χ1n) is 9.87. The third-order valence-electron chi connectivity index (χ3n) is 4.46. The number of carbonyl (C=O) groups is 2. The maximum absolute atomic E-state index is 12.5. The number of aryl methyl sites for hydroxylation is 1. The Morgan fingerprint density at radius 1 is 1.16 bits per heavy atom. The monoisotopic (exact) mass is 435 g/mol. The second-order valence-electron chi connectivity index (χ2n) is 7.01. The molecule has 0 spiro atoms. The molecule has 0 radical (unpaired) electrons. The van der Waals surface area contributed by atoms with Crippen LogP contribution in [0.5, 0.6) is 0 Å². The van der Waals surface area contributed by atoms with Gasteiger partial charge in [-0.1, -0.05) is 48.2 Å². The standard InChI is InChI=1S/C23H25N5O2S/c1-4-13-28-21(17(3)24-22(30)18-10-6-5-7-11-18)26-27-23(28)31-15-20(29)25-19-12-8-9-16(2)14-19/h4-12,14,17H,1,13,15H2,2-3H3,(H,24,30)(H,25,29)/t17-/m1/s1. The Morgan fingerprint density at radius 3 is 2.65 bits per heavy atom. The van der Waals surface area contributed by atoms with Gasteiger partial charge in [0.05, 0.1) is 11.8 Å². The van der Waals surface area contributed by atoms with Crippen molar-refractivity contribution >= 4 is 29.3 Å². The number of nitrogens with zero attached hydrogens (tertiary/aromatic N) is 3. The van der Waals surface area contributed by atoms with Crippen molar-refractivity contribution < 1.29 is 9.59 Å². The molecule has 1 atom stereocenters. The molecule has 3 rings (SSSR count). The number of amides is 2. The molecule has 8 heteroatoms. The molecule has 7 nitrogen and oxygen atoms in total. The summed E-state index contributed by atoms with van der Waals surface area (Å²) in [7, 11) is 0. The van der Waals surface area contributed by atoms with Gasteiger partial charge in [0, 0.05) is 17.8 Å². The third-order valence-corrected chi connectivity index (χ3v) is 5.43. The van der Waals surface area contributed by atoms with E-state index in [1.807, 2.05) is 60.9 Å². The average Bonchev–Trinajstić information content (AvgIpc) is 3.16. The maximum Gasteiger partial charge on any atom is 0.251 e. The number of nitrogens with one attached hydrogen (secondary N) is 2. The topological polar surface area (TPSA) is 88.9 Å². The summed E-state index contributed by atoms with van der Waals surface area (Å²) in [6.45, 7) is 8.08. The van der Waals surface area contributed by atoms with E-state index in [1.54, 1.807) is 18.2 Å². The summed E-state index contributed by atoms with van der Waals surface area (Å²) in [4.78, 5) is 24.8. The zero-order valence-electron chi connectivity index (χ0n) is 17.5. The first-order valence-corrected chi connectivity index (χ1v) is 10.9. The van der Waals surface area contributed by atoms with E-state index in [0.717, 1.165) is 11.3 Å². The summed E-state index contributed by atoms with van der Waals surface area (Å²) >= 11 is 1.29. The van der Waals surface area contributed by atoms with Crippen molar-refractivity contribution in [1.82, 2.24) is 20.1 Å². The predicted molar refractivity (Wildman–Crippen MR) is 123 cm³/mol. The maximum atomic E-state index is 12.5. The van der Waals surface area contributed by atoms with Crippen LogP contribution in [0.4, 0.5) is 5.69 Å². The normalized spacial score (nSPS) is 11.5. The van der Waals surface area contributed by atoms with Crippen LogP contribution in [0.3, 0.4) is 0 Å². The van der Waals surface area contributed by atoms with Crippen molar-refractivity contribution in [2.45, 2.75) is 31.6 Å². The number of aromatic nitrogens is 3. The van der Waals surface area contributed by atoms with Crippen molar-refractivity contribution in [3.05, 3.63) is 84.2 Å². The summed E-state index contributed by atoms with van der Waals surface area (Å²) in [6.07, 6.45) is 1.73. The van der Waals surface area contributed by atoms with E-state index in [4.69, 9.17) is 0 Å². The molecule has 1 aromatic heterocycles. The Kier molecular flexibility index (Phi) is 7.61. The number of allylic oxidation sites excluding steroid dienone is 1. The quantitative estimate of drug-likeness (QED) is 0.392. The minimum absolute atomic E-state index is 0.129. The van der Waals surface area contributed by atoms with Crippen LogP contribution in [-0.2, 0) is 11.3 Å². The van der Waals surface area contributed by atoms with Gasteiger partial charge < -0.3 is 15.2 Å². The molecule has 0 saturated carbocycles. The van der Waals surface area contributed by atoms with E-state index < -0.39 is 0 Å². The van der Waals surface area contributed by atoms with Crippen LogP contribution >= 0.6 is 11.8 Å². The van der Waals surface area contributed by atoms with Gasteiger partial charge in [0.25, 0.3) is 5.91 Å². The van der Waals surface area contributed by atoms with Gasteiger partial charge in [-0.25, -0.2) is 0 Å². The molecule has 0 aliphatic rings. The highest BCUT2D eigenvalue weighted by Gasteiger charge is 2.20. The minimum atomic E-state index is -0.365. The molecule has 0 aliphatic carbocycles. The first-order chi connectivity index (χ1) is 15.0. The lowest BCUT2D eigenvalue weighted by molar-refractivity contribution is -0.113. The fourth-order valence-corrected chi connectivity index (χ4v) is 3.77. The van der Waals surface area contributed by atoms with Crippen LogP contribution in [0.25, 0.3) is 0 Å². The number of benzene rings is 2. The zero-order valence-corrected chi connectivity index (χ0v) is 18.4. The van der Waals surface area contributed by atoms with Gasteiger partial charge in [0.15, 0.2) is 11.0 Å². The largest absolute Gasteiger partial charge is 0.342 e. The molecule has 31 heavy (non-hydrogen) atoms. The Morgan fingerprint density at radius 2 is 1.94 bits per heavy atom. The highest BCUT2D eigenvalue weighted by Crippen LogP contribution is 2.21. The average molecular weight is 436 g/mol. The predicted octanol–water partition coefficient (Wildman–Crippen LogP) is 3.99. The molecule has 2 N–H and O–H groups in total. The number of hydrogen-bond donors (Lipinski definition) is 2. The van der Waals surface area contributed by atoms with Crippen LogP contribution in [0.2, 0.25) is 0 Å². The molecule has 0 fully saturated rings. The van der Waals surface area contributed by atoms with Crippen molar-refractivity contribution in [1.29, 1.82) is 0 Å². The van der Waals surface area contributed by atoms with Gasteiger partial charge in [-0.15, -0.1) is 16.8 Å². The van der Waals surface area contributed by atoms with Crippen LogP contribution in [-0.4, -0.2) is 32.3 Å². The molecule has 3 aromatic rings. The van der Waals surface area contributed by atoms with Gasteiger partial charge >= 0.3 is 0 Å². The fraction of sp³-hybridized carbons (Fsp3) is 0.217. The van der Waals surface area contributed by atoms with Gasteiger partial charge in [-0.3, -0.25) is 9.59 Å². The first kappa shape index (κ1) is 22.3. The Hall–Kier alpha value is -3.39. The molecule has 0 saturated heterocycles. The number of rotatable bonds is 9. The molecule has 0 unspecified atom stereocenters. The van der Waals surface area contributed by atoms with Crippen molar-refractivity contribution in [2.75, 3.05) is 11.1 Å². The van der Waals surface area contributed by atoms with Gasteiger partial charge in [-0.2, -0.15) is 0 Å². The SMILES string of the molecule is C=CCn1c(SCC(=O)Nc2cccc(C)c2)nnc1[C@@H](C)NC(=O)c1ccccc1. The number of anilines is 1. The zero-order chi connectivity index (χ0) is 22.2. The van der Waals surface area contributed by atoms with Gasteiger partial charge in [0.2, 0.25) is 5.91 Å². The highest BCUT2D eigenvalue weighted by molar-refractivity contribution is 7.99. The van der Waals surface area contributed by atoms with E-state index in [-0.39, 0.29) is 23.6 Å². The third kappa shape index (κ3) is 6.05. The Bertz CT molecular complexity index is 1060. The highest BCUT2D eigenvalue weighted by atomic mass is 32.2.